The second kappa shape index (κ2) is 6.65. The quantitative estimate of drug-likeness (QED) is 0.837. The number of hydrogen-bond acceptors (Lipinski definition) is 4. The molecule has 18 heavy (non-hydrogen) atoms. The minimum atomic E-state index is -3.35. The lowest BCUT2D eigenvalue weighted by atomic mass is 10.2. The van der Waals surface area contributed by atoms with Crippen molar-refractivity contribution < 1.29 is 8.42 Å². The van der Waals surface area contributed by atoms with E-state index < -0.39 is 10.0 Å². The van der Waals surface area contributed by atoms with Gasteiger partial charge >= 0.3 is 0 Å². The molecule has 4 nitrogen and oxygen atoms in total. The van der Waals surface area contributed by atoms with Crippen LogP contribution < -0.4 is 5.32 Å². The second-order valence-corrected chi connectivity index (χ2v) is 7.49. The number of nitrogens with zero attached hydrogens (tertiary/aromatic N) is 1. The Balaban J connectivity index is 3.06. The molecule has 0 atom stereocenters. The third-order valence-corrected chi connectivity index (χ3v) is 5.66. The van der Waals surface area contributed by atoms with Gasteiger partial charge in [0.15, 0.2) is 0 Å². The summed E-state index contributed by atoms with van der Waals surface area (Å²) in [5.74, 6) is 0.325. The van der Waals surface area contributed by atoms with Crippen molar-refractivity contribution in [1.82, 2.24) is 9.62 Å². The number of sulfonamides is 1. The smallest absolute Gasteiger partial charge is 0.244 e. The first-order valence-corrected chi connectivity index (χ1v) is 8.46. The van der Waals surface area contributed by atoms with Crippen molar-refractivity contribution in [3.63, 3.8) is 0 Å². The lowest BCUT2D eigenvalue weighted by Crippen LogP contribution is -2.34. The topological polar surface area (TPSA) is 49.4 Å². The molecule has 0 saturated carbocycles. The number of thiophene rings is 1. The molecule has 0 radical (unpaired) electrons. The first kappa shape index (κ1) is 15.6. The van der Waals surface area contributed by atoms with E-state index in [0.29, 0.717) is 30.4 Å². The Kier molecular flexibility index (Phi) is 5.78. The zero-order chi connectivity index (χ0) is 13.8. The van der Waals surface area contributed by atoms with Crippen molar-refractivity contribution in [1.29, 1.82) is 0 Å². The molecule has 0 unspecified atom stereocenters. The minimum absolute atomic E-state index is 0.325. The molecule has 1 rings (SSSR count). The molecule has 1 aromatic rings. The van der Waals surface area contributed by atoms with E-state index in [-0.39, 0.29) is 0 Å². The van der Waals surface area contributed by atoms with Gasteiger partial charge in [-0.05, 0) is 24.4 Å². The molecular weight excluding hydrogens is 268 g/mol. The Morgan fingerprint density at radius 3 is 2.61 bits per heavy atom. The zero-order valence-electron chi connectivity index (χ0n) is 11.4. The van der Waals surface area contributed by atoms with Crippen LogP contribution in [0.15, 0.2) is 16.3 Å². The molecule has 0 bridgehead atoms. The minimum Gasteiger partial charge on any atom is -0.315 e. The molecule has 1 aromatic heterocycles. The van der Waals surface area contributed by atoms with Crippen LogP contribution >= 0.6 is 11.3 Å². The van der Waals surface area contributed by atoms with Crippen LogP contribution in [0, 0.1) is 5.92 Å². The second-order valence-electron chi connectivity index (χ2n) is 4.59. The van der Waals surface area contributed by atoms with Crippen LogP contribution in [0.5, 0.6) is 0 Å². The molecule has 6 heteroatoms. The van der Waals surface area contributed by atoms with Gasteiger partial charge < -0.3 is 5.32 Å². The summed E-state index contributed by atoms with van der Waals surface area (Å²) in [5.41, 5.74) is 0. The van der Waals surface area contributed by atoms with E-state index in [1.807, 2.05) is 33.2 Å². The Labute approximate surface area is 114 Å². The van der Waals surface area contributed by atoms with Gasteiger partial charge in [-0.25, -0.2) is 8.42 Å². The van der Waals surface area contributed by atoms with E-state index in [2.05, 4.69) is 5.32 Å². The Morgan fingerprint density at radius 2 is 2.11 bits per heavy atom. The van der Waals surface area contributed by atoms with E-state index in [1.165, 1.54) is 11.3 Å². The molecule has 0 aliphatic carbocycles. The molecule has 0 aliphatic rings. The van der Waals surface area contributed by atoms with Crippen LogP contribution in [0.2, 0.25) is 0 Å². The highest BCUT2D eigenvalue weighted by Gasteiger charge is 2.26. The van der Waals surface area contributed by atoms with Crippen molar-refractivity contribution in [2.45, 2.75) is 32.2 Å². The van der Waals surface area contributed by atoms with Crippen molar-refractivity contribution >= 4 is 21.4 Å². The summed E-state index contributed by atoms with van der Waals surface area (Å²) < 4.78 is 26.7. The fourth-order valence-corrected chi connectivity index (χ4v) is 4.83. The van der Waals surface area contributed by atoms with Gasteiger partial charge in [-0.2, -0.15) is 4.31 Å². The molecule has 0 amide bonds. The maximum absolute atomic E-state index is 12.6. The van der Waals surface area contributed by atoms with Gasteiger partial charge in [-0.15, -0.1) is 11.3 Å². The largest absolute Gasteiger partial charge is 0.315 e. The summed E-state index contributed by atoms with van der Waals surface area (Å²) in [6.45, 7) is 7.60. The third kappa shape index (κ3) is 3.54. The predicted octanol–water partition coefficient (Wildman–Crippen LogP) is 2.13. The van der Waals surface area contributed by atoms with Gasteiger partial charge in [0.1, 0.15) is 0 Å². The van der Waals surface area contributed by atoms with E-state index >= 15 is 0 Å². The third-order valence-electron chi connectivity index (χ3n) is 2.58. The van der Waals surface area contributed by atoms with Crippen molar-refractivity contribution in [2.24, 2.45) is 5.92 Å². The Morgan fingerprint density at radius 1 is 1.44 bits per heavy atom. The SMILES string of the molecule is CCN(CC(C)C)S(=O)(=O)c1ccsc1CNC. The van der Waals surface area contributed by atoms with Gasteiger partial charge in [0.2, 0.25) is 10.0 Å². The molecule has 0 saturated heterocycles. The number of rotatable bonds is 7. The average Bonchev–Trinajstić information content (AvgIpc) is 2.74. The summed E-state index contributed by atoms with van der Waals surface area (Å²) in [6.07, 6.45) is 0. The van der Waals surface area contributed by atoms with E-state index in [9.17, 15) is 8.42 Å². The molecule has 0 aliphatic heterocycles. The molecule has 104 valence electrons. The molecule has 1 N–H and O–H groups in total. The van der Waals surface area contributed by atoms with Gasteiger partial charge in [-0.3, -0.25) is 0 Å². The standard InChI is InChI=1S/C12H22N2O2S2/c1-5-14(9-10(2)3)18(15,16)12-6-7-17-11(12)8-13-4/h6-7,10,13H,5,8-9H2,1-4H3. The summed E-state index contributed by atoms with van der Waals surface area (Å²) >= 11 is 1.48. The van der Waals surface area contributed by atoms with Crippen molar-refractivity contribution in [3.05, 3.63) is 16.3 Å². The fourth-order valence-electron chi connectivity index (χ4n) is 1.79. The highest BCUT2D eigenvalue weighted by Crippen LogP contribution is 2.25. The maximum Gasteiger partial charge on any atom is 0.244 e. The van der Waals surface area contributed by atoms with Crippen molar-refractivity contribution in [3.8, 4) is 0 Å². The van der Waals surface area contributed by atoms with Crippen LogP contribution in [0.25, 0.3) is 0 Å². The van der Waals surface area contributed by atoms with Crippen LogP contribution in [0.1, 0.15) is 25.6 Å². The molecule has 0 aromatic carbocycles. The highest BCUT2D eigenvalue weighted by atomic mass is 32.2. The normalized spacial score (nSPS) is 12.6. The van der Waals surface area contributed by atoms with E-state index in [4.69, 9.17) is 0 Å². The number of nitrogens with one attached hydrogen (secondary N) is 1. The van der Waals surface area contributed by atoms with Gasteiger partial charge in [0, 0.05) is 24.5 Å². The molecular formula is C12H22N2O2S2. The van der Waals surface area contributed by atoms with E-state index in [0.717, 1.165) is 4.88 Å². The zero-order valence-corrected chi connectivity index (χ0v) is 13.1. The first-order chi connectivity index (χ1) is 8.43. The summed E-state index contributed by atoms with van der Waals surface area (Å²) in [5, 5.41) is 4.84. The summed E-state index contributed by atoms with van der Waals surface area (Å²) in [6, 6.07) is 1.70. The van der Waals surface area contributed by atoms with Crippen molar-refractivity contribution in [2.75, 3.05) is 20.1 Å². The van der Waals surface area contributed by atoms with Gasteiger partial charge in [-0.1, -0.05) is 20.8 Å². The monoisotopic (exact) mass is 290 g/mol. The Bertz CT molecular complexity index is 466. The van der Waals surface area contributed by atoms with Crippen LogP contribution in [-0.4, -0.2) is 32.9 Å². The lowest BCUT2D eigenvalue weighted by molar-refractivity contribution is 0.380. The fraction of sp³-hybridized carbons (Fsp3) is 0.667. The lowest BCUT2D eigenvalue weighted by Gasteiger charge is -2.22. The van der Waals surface area contributed by atoms with Gasteiger partial charge in [0.05, 0.1) is 4.90 Å². The molecule has 1 heterocycles. The Hall–Kier alpha value is -0.430. The van der Waals surface area contributed by atoms with E-state index in [1.54, 1.807) is 10.4 Å². The van der Waals surface area contributed by atoms with Crippen LogP contribution in [0.3, 0.4) is 0 Å². The molecule has 0 spiro atoms. The average molecular weight is 290 g/mol. The van der Waals surface area contributed by atoms with Gasteiger partial charge in [0.25, 0.3) is 0 Å². The summed E-state index contributed by atoms with van der Waals surface area (Å²) in [4.78, 5) is 1.32. The molecule has 0 fully saturated rings. The highest BCUT2D eigenvalue weighted by molar-refractivity contribution is 7.89. The number of hydrogen-bond donors (Lipinski definition) is 1. The van der Waals surface area contributed by atoms with Crippen LogP contribution in [0.4, 0.5) is 0 Å². The maximum atomic E-state index is 12.6. The van der Waals surface area contributed by atoms with Crippen LogP contribution in [-0.2, 0) is 16.6 Å². The first-order valence-electron chi connectivity index (χ1n) is 6.14. The summed E-state index contributed by atoms with van der Waals surface area (Å²) in [7, 11) is -1.53. The predicted molar refractivity (Wildman–Crippen MR) is 76.4 cm³/mol.